The smallest absolute Gasteiger partial charge is 0.306 e. The highest BCUT2D eigenvalue weighted by Gasteiger charge is 2.13. The molecular formula is C38H66O4. The predicted octanol–water partition coefficient (Wildman–Crippen LogP) is 10.9. The number of carbonyl (C=O) groups is 1. The maximum atomic E-state index is 12.1. The molecule has 0 spiro atoms. The van der Waals surface area contributed by atoms with Crippen LogP contribution in [0.2, 0.25) is 0 Å². The first kappa shape index (κ1) is 40.1. The van der Waals surface area contributed by atoms with E-state index in [0.29, 0.717) is 19.4 Å². The lowest BCUT2D eigenvalue weighted by molar-refractivity contribution is -0.154. The second-order valence-electron chi connectivity index (χ2n) is 11.2. The second kappa shape index (κ2) is 35.3. The number of esters is 1. The van der Waals surface area contributed by atoms with Crippen LogP contribution in [0.15, 0.2) is 60.8 Å². The molecule has 0 aromatic heterocycles. The minimum Gasteiger partial charge on any atom is -0.457 e. The van der Waals surface area contributed by atoms with Gasteiger partial charge in [-0.1, -0.05) is 139 Å². The third kappa shape index (κ3) is 32.6. The molecule has 0 aromatic carbocycles. The number of rotatable bonds is 31. The van der Waals surface area contributed by atoms with Gasteiger partial charge in [-0.15, -0.1) is 0 Å². The molecule has 1 atom stereocenters. The number of unbranched alkanes of at least 4 members (excludes halogenated alkanes) is 13. The number of ether oxygens (including phenoxy) is 2. The van der Waals surface area contributed by atoms with Crippen molar-refractivity contribution in [1.82, 2.24) is 0 Å². The van der Waals surface area contributed by atoms with Crippen molar-refractivity contribution in [1.29, 1.82) is 0 Å². The Bertz CT molecular complexity index is 704. The van der Waals surface area contributed by atoms with Gasteiger partial charge >= 0.3 is 5.97 Å². The summed E-state index contributed by atoms with van der Waals surface area (Å²) >= 11 is 0. The summed E-state index contributed by atoms with van der Waals surface area (Å²) in [4.78, 5) is 12.1. The van der Waals surface area contributed by atoms with Crippen LogP contribution in [-0.2, 0) is 14.3 Å². The maximum Gasteiger partial charge on any atom is 0.306 e. The van der Waals surface area contributed by atoms with Crippen molar-refractivity contribution in [2.45, 2.75) is 155 Å². The van der Waals surface area contributed by atoms with E-state index in [0.717, 1.165) is 38.5 Å². The van der Waals surface area contributed by atoms with Gasteiger partial charge in [0.05, 0.1) is 13.2 Å². The third-order valence-electron chi connectivity index (χ3n) is 7.09. The fourth-order valence-electron chi connectivity index (χ4n) is 4.51. The molecule has 42 heavy (non-hydrogen) atoms. The molecule has 0 radical (unpaired) electrons. The van der Waals surface area contributed by atoms with E-state index in [1.54, 1.807) is 0 Å². The molecule has 0 aromatic rings. The van der Waals surface area contributed by atoms with E-state index < -0.39 is 6.10 Å². The zero-order chi connectivity index (χ0) is 30.6. The van der Waals surface area contributed by atoms with Crippen LogP contribution in [0.3, 0.4) is 0 Å². The molecule has 0 amide bonds. The molecule has 0 aliphatic rings. The van der Waals surface area contributed by atoms with Crippen LogP contribution in [0.4, 0.5) is 0 Å². The second-order valence-corrected chi connectivity index (χ2v) is 11.2. The van der Waals surface area contributed by atoms with Crippen LogP contribution in [0, 0.1) is 0 Å². The van der Waals surface area contributed by atoms with Crippen LogP contribution in [0.1, 0.15) is 149 Å². The summed E-state index contributed by atoms with van der Waals surface area (Å²) in [7, 11) is 0. The summed E-state index contributed by atoms with van der Waals surface area (Å²) in [5.41, 5.74) is 0. The Labute approximate surface area is 260 Å². The quantitative estimate of drug-likeness (QED) is 0.0499. The molecule has 0 saturated carbocycles. The summed E-state index contributed by atoms with van der Waals surface area (Å²) in [6.45, 7) is 5.12. The molecule has 0 heterocycles. The Morgan fingerprint density at radius 2 is 1.07 bits per heavy atom. The van der Waals surface area contributed by atoms with Gasteiger partial charge in [-0.3, -0.25) is 4.79 Å². The lowest BCUT2D eigenvalue weighted by Gasteiger charge is -2.15. The Morgan fingerprint density at radius 3 is 1.62 bits per heavy atom. The lowest BCUT2D eigenvalue weighted by atomic mass is 10.1. The topological polar surface area (TPSA) is 55.8 Å². The van der Waals surface area contributed by atoms with E-state index >= 15 is 0 Å². The van der Waals surface area contributed by atoms with E-state index in [4.69, 9.17) is 9.47 Å². The molecule has 0 rings (SSSR count). The largest absolute Gasteiger partial charge is 0.457 e. The van der Waals surface area contributed by atoms with Crippen molar-refractivity contribution in [2.75, 3.05) is 19.8 Å². The van der Waals surface area contributed by atoms with Gasteiger partial charge in [0.1, 0.15) is 6.10 Å². The van der Waals surface area contributed by atoms with Crippen LogP contribution in [0.5, 0.6) is 0 Å². The van der Waals surface area contributed by atoms with Crippen molar-refractivity contribution in [3.8, 4) is 0 Å². The molecular weight excluding hydrogens is 520 g/mol. The molecule has 4 nitrogen and oxygen atoms in total. The van der Waals surface area contributed by atoms with Crippen LogP contribution < -0.4 is 0 Å². The number of aliphatic hydroxyl groups is 1. The van der Waals surface area contributed by atoms with Crippen LogP contribution in [0.25, 0.3) is 0 Å². The Kier molecular flexibility index (Phi) is 33.7. The minimum atomic E-state index is -0.575. The molecule has 1 unspecified atom stereocenters. The van der Waals surface area contributed by atoms with Gasteiger partial charge in [0.15, 0.2) is 0 Å². The van der Waals surface area contributed by atoms with Crippen molar-refractivity contribution >= 4 is 5.97 Å². The van der Waals surface area contributed by atoms with Gasteiger partial charge in [0.25, 0.3) is 0 Å². The van der Waals surface area contributed by atoms with E-state index in [9.17, 15) is 9.90 Å². The summed E-state index contributed by atoms with van der Waals surface area (Å²) in [6, 6.07) is 0. The number of hydrogen-bond acceptors (Lipinski definition) is 4. The summed E-state index contributed by atoms with van der Waals surface area (Å²) in [6.07, 6.45) is 45.6. The van der Waals surface area contributed by atoms with E-state index in [1.807, 2.05) is 6.08 Å². The van der Waals surface area contributed by atoms with Crippen LogP contribution >= 0.6 is 0 Å². The predicted molar refractivity (Wildman–Crippen MR) is 182 cm³/mol. The van der Waals surface area contributed by atoms with E-state index in [-0.39, 0.29) is 19.2 Å². The number of aliphatic hydroxyl groups excluding tert-OH is 1. The van der Waals surface area contributed by atoms with Crippen molar-refractivity contribution < 1.29 is 19.4 Å². The van der Waals surface area contributed by atoms with Crippen molar-refractivity contribution in [3.63, 3.8) is 0 Å². The zero-order valence-corrected chi connectivity index (χ0v) is 27.5. The fraction of sp³-hybridized carbons (Fsp3) is 0.711. The Balaban J connectivity index is 3.56. The monoisotopic (exact) mass is 586 g/mol. The van der Waals surface area contributed by atoms with Gasteiger partial charge in [-0.2, -0.15) is 0 Å². The Hall–Kier alpha value is -1.91. The molecule has 0 aliphatic heterocycles. The fourth-order valence-corrected chi connectivity index (χ4v) is 4.51. The summed E-state index contributed by atoms with van der Waals surface area (Å²) < 4.78 is 11.0. The molecule has 0 fully saturated rings. The highest BCUT2D eigenvalue weighted by molar-refractivity contribution is 5.69. The first-order valence-corrected chi connectivity index (χ1v) is 17.4. The average molecular weight is 587 g/mol. The number of allylic oxidation sites excluding steroid dienone is 10. The first-order valence-electron chi connectivity index (χ1n) is 17.4. The standard InChI is InChI=1S/C38H66O4/c1-3-5-7-9-11-13-15-17-18-19-20-22-24-26-28-30-32-34-41-36-37(35-39)42-38(40)33-31-29-27-25-23-21-16-14-12-10-8-6-4-2/h6,8,12,14,18-19,21,23,27,29,37,39H,3-5,7,9-11,13,15-17,20,22,24-26,28,30-36H2,1-2H3/b8-6-,14-12-,19-18-,23-21-,29-27-. The molecule has 1 N–H and O–H groups in total. The van der Waals surface area contributed by atoms with Crippen molar-refractivity contribution in [2.24, 2.45) is 0 Å². The summed E-state index contributed by atoms with van der Waals surface area (Å²) in [5, 5.41) is 9.52. The summed E-state index contributed by atoms with van der Waals surface area (Å²) in [5.74, 6) is -0.284. The van der Waals surface area contributed by atoms with Gasteiger partial charge in [0.2, 0.25) is 0 Å². The molecule has 242 valence electrons. The number of carbonyl (C=O) groups excluding carboxylic acids is 1. The zero-order valence-electron chi connectivity index (χ0n) is 27.5. The lowest BCUT2D eigenvalue weighted by Crippen LogP contribution is -2.27. The van der Waals surface area contributed by atoms with Gasteiger partial charge in [0, 0.05) is 13.0 Å². The maximum absolute atomic E-state index is 12.1. The molecule has 4 heteroatoms. The number of hydrogen-bond donors (Lipinski definition) is 1. The molecule has 0 bridgehead atoms. The molecule has 0 saturated heterocycles. The van der Waals surface area contributed by atoms with Crippen LogP contribution in [-0.4, -0.2) is 37.0 Å². The minimum absolute atomic E-state index is 0.205. The van der Waals surface area contributed by atoms with Gasteiger partial charge in [-0.25, -0.2) is 0 Å². The van der Waals surface area contributed by atoms with E-state index in [2.05, 4.69) is 68.5 Å². The Morgan fingerprint density at radius 1 is 0.595 bits per heavy atom. The first-order chi connectivity index (χ1) is 20.7. The molecule has 0 aliphatic carbocycles. The SMILES string of the molecule is CC/C=C\C/C=C\C/C=C\C/C=C\CCC(=O)OC(CO)COCCCCCCCC/C=C\CCCCCCCCC. The average Bonchev–Trinajstić information content (AvgIpc) is 3.00. The normalized spacial score (nSPS) is 13.1. The highest BCUT2D eigenvalue weighted by atomic mass is 16.6. The van der Waals surface area contributed by atoms with Crippen molar-refractivity contribution in [3.05, 3.63) is 60.8 Å². The highest BCUT2D eigenvalue weighted by Crippen LogP contribution is 2.11. The van der Waals surface area contributed by atoms with E-state index in [1.165, 1.54) is 83.5 Å². The third-order valence-corrected chi connectivity index (χ3v) is 7.09. The van der Waals surface area contributed by atoms with Gasteiger partial charge in [-0.05, 0) is 64.2 Å². The van der Waals surface area contributed by atoms with Gasteiger partial charge < -0.3 is 14.6 Å².